The summed E-state index contributed by atoms with van der Waals surface area (Å²) in [6.07, 6.45) is 7.25. The minimum absolute atomic E-state index is 0.115. The van der Waals surface area contributed by atoms with E-state index >= 15 is 0 Å². The summed E-state index contributed by atoms with van der Waals surface area (Å²) < 4.78 is 13.8. The topological polar surface area (TPSA) is 56.3 Å². The van der Waals surface area contributed by atoms with Gasteiger partial charge in [0, 0.05) is 37.5 Å². The molecule has 2 aromatic rings. The van der Waals surface area contributed by atoms with Crippen LogP contribution in [0, 0.1) is 18.8 Å². The molecule has 2 bridgehead atoms. The van der Waals surface area contributed by atoms with E-state index in [0.29, 0.717) is 0 Å². The van der Waals surface area contributed by atoms with E-state index in [1.807, 2.05) is 17.9 Å². The third-order valence-corrected chi connectivity index (χ3v) is 6.66. The van der Waals surface area contributed by atoms with E-state index in [1.165, 1.54) is 25.7 Å². The van der Waals surface area contributed by atoms with Crippen molar-refractivity contribution < 1.29 is 9.26 Å². The Kier molecular flexibility index (Phi) is 3.54. The Balaban J connectivity index is 1.30. The predicted octanol–water partition coefficient (Wildman–Crippen LogP) is 2.77. The summed E-state index contributed by atoms with van der Waals surface area (Å²) >= 11 is 0. The van der Waals surface area contributed by atoms with E-state index in [0.717, 1.165) is 60.8 Å². The Bertz CT molecular complexity index is 782. The lowest BCUT2D eigenvalue weighted by Crippen LogP contribution is -2.54. The number of nitrogens with zero attached hydrogens (tertiary/aromatic N) is 4. The smallest absolute Gasteiger partial charge is 0.151 e. The van der Waals surface area contributed by atoms with Crippen LogP contribution in [0.5, 0.6) is 0 Å². The van der Waals surface area contributed by atoms with Gasteiger partial charge in [0.2, 0.25) is 0 Å². The second-order valence-electron chi connectivity index (χ2n) is 8.15. The Labute approximate surface area is 148 Å². The molecule has 1 aliphatic heterocycles. The molecule has 3 heterocycles. The maximum absolute atomic E-state index is 6.32. The number of aryl methyl sites for hydroxylation is 1. The number of hydrogen-bond donors (Lipinski definition) is 0. The van der Waals surface area contributed by atoms with Gasteiger partial charge in [-0.3, -0.25) is 9.58 Å². The van der Waals surface area contributed by atoms with Crippen LogP contribution < -0.4 is 0 Å². The van der Waals surface area contributed by atoms with Crippen LogP contribution in [0.15, 0.2) is 16.8 Å². The minimum atomic E-state index is 0.115. The fraction of sp³-hybridized carbons (Fsp3) is 0.684. The van der Waals surface area contributed by atoms with Gasteiger partial charge >= 0.3 is 0 Å². The summed E-state index contributed by atoms with van der Waals surface area (Å²) in [6, 6.07) is 2.06. The van der Waals surface area contributed by atoms with Gasteiger partial charge in [-0.15, -0.1) is 0 Å². The summed E-state index contributed by atoms with van der Waals surface area (Å²) in [4.78, 5) is 2.49. The molecule has 3 aliphatic rings. The van der Waals surface area contributed by atoms with E-state index in [2.05, 4.69) is 28.1 Å². The SMILES string of the molecule is Cc1c(-c2cc(CN3CCOC4(CC5CCC4C5)C3)on2)cnn1C. The average molecular weight is 342 g/mol. The van der Waals surface area contributed by atoms with Crippen LogP contribution in [0.3, 0.4) is 0 Å². The fourth-order valence-corrected chi connectivity index (χ4v) is 5.27. The molecule has 0 N–H and O–H groups in total. The Morgan fingerprint density at radius 2 is 2.28 bits per heavy atom. The molecule has 2 aliphatic carbocycles. The summed E-state index contributed by atoms with van der Waals surface area (Å²) in [5.74, 6) is 2.59. The summed E-state index contributed by atoms with van der Waals surface area (Å²) in [5.41, 5.74) is 3.14. The molecule has 6 nitrogen and oxygen atoms in total. The third kappa shape index (κ3) is 2.54. The van der Waals surface area contributed by atoms with Gasteiger partial charge in [-0.1, -0.05) is 5.16 Å². The Hall–Kier alpha value is -1.66. The van der Waals surface area contributed by atoms with Gasteiger partial charge in [-0.05, 0) is 44.4 Å². The molecule has 3 unspecified atom stereocenters. The zero-order valence-electron chi connectivity index (χ0n) is 15.1. The van der Waals surface area contributed by atoms with Crippen molar-refractivity contribution in [3.8, 4) is 11.3 Å². The minimum Gasteiger partial charge on any atom is -0.372 e. The van der Waals surface area contributed by atoms with Crippen LogP contribution in [-0.4, -0.2) is 45.1 Å². The van der Waals surface area contributed by atoms with Crippen molar-refractivity contribution in [3.63, 3.8) is 0 Å². The number of aromatic nitrogens is 3. The van der Waals surface area contributed by atoms with Gasteiger partial charge in [0.1, 0.15) is 5.69 Å². The zero-order valence-corrected chi connectivity index (χ0v) is 15.1. The van der Waals surface area contributed by atoms with Crippen LogP contribution in [0.4, 0.5) is 0 Å². The van der Waals surface area contributed by atoms with Gasteiger partial charge in [-0.2, -0.15) is 5.10 Å². The lowest BCUT2D eigenvalue weighted by molar-refractivity contribution is -0.140. The molecule has 0 aromatic carbocycles. The third-order valence-electron chi connectivity index (χ3n) is 6.66. The molecule has 1 spiro atoms. The van der Waals surface area contributed by atoms with E-state index in [1.54, 1.807) is 0 Å². The highest BCUT2D eigenvalue weighted by Gasteiger charge is 2.53. The van der Waals surface area contributed by atoms with Gasteiger partial charge in [0.25, 0.3) is 0 Å². The van der Waals surface area contributed by atoms with Crippen LogP contribution in [-0.2, 0) is 18.3 Å². The molecule has 25 heavy (non-hydrogen) atoms. The van der Waals surface area contributed by atoms with Gasteiger partial charge in [0.15, 0.2) is 5.76 Å². The second-order valence-corrected chi connectivity index (χ2v) is 8.15. The lowest BCUT2D eigenvalue weighted by Gasteiger charge is -2.45. The number of morpholine rings is 1. The molecule has 134 valence electrons. The molecule has 3 atom stereocenters. The molecule has 5 rings (SSSR count). The lowest BCUT2D eigenvalue weighted by atomic mass is 9.82. The highest BCUT2D eigenvalue weighted by molar-refractivity contribution is 5.60. The van der Waals surface area contributed by atoms with Crippen molar-refractivity contribution in [1.82, 2.24) is 19.8 Å². The molecule has 2 saturated carbocycles. The first-order chi connectivity index (χ1) is 12.1. The first-order valence-electron chi connectivity index (χ1n) is 9.44. The van der Waals surface area contributed by atoms with Crippen molar-refractivity contribution >= 4 is 0 Å². The second kappa shape index (κ2) is 5.68. The number of rotatable bonds is 3. The van der Waals surface area contributed by atoms with Crippen LogP contribution in [0.2, 0.25) is 0 Å². The molecule has 0 radical (unpaired) electrons. The molecule has 2 aromatic heterocycles. The van der Waals surface area contributed by atoms with Crippen molar-refractivity contribution in [2.24, 2.45) is 18.9 Å². The van der Waals surface area contributed by atoms with Crippen LogP contribution >= 0.6 is 0 Å². The van der Waals surface area contributed by atoms with Crippen molar-refractivity contribution in [2.75, 3.05) is 19.7 Å². The monoisotopic (exact) mass is 342 g/mol. The largest absolute Gasteiger partial charge is 0.372 e. The molecule has 0 amide bonds. The van der Waals surface area contributed by atoms with E-state index in [4.69, 9.17) is 9.26 Å². The normalized spacial score (nSPS) is 32.1. The van der Waals surface area contributed by atoms with Gasteiger partial charge in [-0.25, -0.2) is 0 Å². The molecular formula is C19H26N4O2. The number of ether oxygens (including phenoxy) is 1. The molecule has 3 fully saturated rings. The molecular weight excluding hydrogens is 316 g/mol. The summed E-state index contributed by atoms with van der Waals surface area (Å²) in [7, 11) is 1.95. The predicted molar refractivity (Wildman–Crippen MR) is 92.9 cm³/mol. The summed E-state index contributed by atoms with van der Waals surface area (Å²) in [5, 5.41) is 8.56. The first-order valence-corrected chi connectivity index (χ1v) is 9.44. The quantitative estimate of drug-likeness (QED) is 0.858. The van der Waals surface area contributed by atoms with E-state index in [9.17, 15) is 0 Å². The first kappa shape index (κ1) is 15.6. The van der Waals surface area contributed by atoms with Crippen molar-refractivity contribution in [3.05, 3.63) is 23.7 Å². The maximum Gasteiger partial charge on any atom is 0.151 e. The molecule has 1 saturated heterocycles. The Morgan fingerprint density at radius 1 is 1.36 bits per heavy atom. The van der Waals surface area contributed by atoms with Crippen molar-refractivity contribution in [2.45, 2.75) is 44.8 Å². The highest BCUT2D eigenvalue weighted by atomic mass is 16.5. The van der Waals surface area contributed by atoms with Gasteiger partial charge < -0.3 is 9.26 Å². The van der Waals surface area contributed by atoms with Crippen LogP contribution in [0.1, 0.15) is 37.1 Å². The standard InChI is InChI=1S/C19H26N4O2/c1-13-17(10-20-22(13)2)18-8-16(25-21-18)11-23-5-6-24-19(12-23)9-14-3-4-15(19)7-14/h8,10,14-15H,3-7,9,11-12H2,1-2H3. The Morgan fingerprint density at radius 3 is 3.00 bits per heavy atom. The fourth-order valence-electron chi connectivity index (χ4n) is 5.27. The van der Waals surface area contributed by atoms with Crippen LogP contribution in [0.25, 0.3) is 11.3 Å². The summed E-state index contributed by atoms with van der Waals surface area (Å²) in [6.45, 7) is 5.72. The number of fused-ring (bicyclic) bond motifs is 3. The van der Waals surface area contributed by atoms with Gasteiger partial charge in [0.05, 0.1) is 24.9 Å². The van der Waals surface area contributed by atoms with E-state index in [-0.39, 0.29) is 5.60 Å². The average Bonchev–Trinajstić information content (AvgIpc) is 3.35. The molecule has 6 heteroatoms. The zero-order chi connectivity index (χ0) is 17.0. The maximum atomic E-state index is 6.32. The van der Waals surface area contributed by atoms with Crippen molar-refractivity contribution in [1.29, 1.82) is 0 Å². The number of hydrogen-bond acceptors (Lipinski definition) is 5. The highest BCUT2D eigenvalue weighted by Crippen LogP contribution is 2.53. The van der Waals surface area contributed by atoms with E-state index < -0.39 is 0 Å².